The summed E-state index contributed by atoms with van der Waals surface area (Å²) >= 11 is 0. The lowest BCUT2D eigenvalue weighted by Gasteiger charge is -2.47. The Morgan fingerprint density at radius 1 is 1.35 bits per heavy atom. The molecule has 4 atom stereocenters. The highest BCUT2D eigenvalue weighted by Crippen LogP contribution is 2.37. The lowest BCUT2D eigenvalue weighted by Crippen LogP contribution is -2.58. The predicted molar refractivity (Wildman–Crippen MR) is 78.4 cm³/mol. The average molecular weight is 277 g/mol. The van der Waals surface area contributed by atoms with E-state index in [4.69, 9.17) is 4.74 Å². The van der Waals surface area contributed by atoms with Crippen molar-refractivity contribution >= 4 is 0 Å². The van der Waals surface area contributed by atoms with Gasteiger partial charge in [-0.15, -0.1) is 0 Å². The molecule has 0 aromatic rings. The smallest absolute Gasteiger partial charge is 0.108 e. The summed E-state index contributed by atoms with van der Waals surface area (Å²) in [5.74, 6) is 0. The van der Waals surface area contributed by atoms with Crippen LogP contribution in [0.5, 0.6) is 0 Å². The van der Waals surface area contributed by atoms with E-state index in [1.807, 2.05) is 0 Å². The first-order valence-electron chi connectivity index (χ1n) is 8.31. The summed E-state index contributed by atoms with van der Waals surface area (Å²) in [5, 5.41) is 13.1. The Kier molecular flexibility index (Phi) is 4.30. The van der Waals surface area contributed by atoms with Gasteiger partial charge in [0.15, 0.2) is 0 Å². The molecule has 3 rings (SSSR count). The minimum Gasteiger partial charge on any atom is -0.375 e. The van der Waals surface area contributed by atoms with Crippen LogP contribution in [-0.2, 0) is 4.74 Å². The summed E-state index contributed by atoms with van der Waals surface area (Å²) in [6, 6.07) is 3.76. The Balaban J connectivity index is 1.71. The quantitative estimate of drug-likeness (QED) is 0.858. The first-order valence-corrected chi connectivity index (χ1v) is 8.31. The molecular weight excluding hydrogens is 250 g/mol. The number of morpholine rings is 1. The van der Waals surface area contributed by atoms with Crippen LogP contribution in [0.3, 0.4) is 0 Å². The number of nitriles is 1. The van der Waals surface area contributed by atoms with Gasteiger partial charge in [0.1, 0.15) is 5.54 Å². The Bertz CT molecular complexity index is 376. The fourth-order valence-electron chi connectivity index (χ4n) is 4.58. The number of nitrogens with zero attached hydrogens (tertiary/aromatic N) is 2. The summed E-state index contributed by atoms with van der Waals surface area (Å²) in [4.78, 5) is 2.68. The van der Waals surface area contributed by atoms with Gasteiger partial charge in [-0.25, -0.2) is 0 Å². The Hall–Kier alpha value is -0.630. The molecule has 0 bridgehead atoms. The molecule has 1 N–H and O–H groups in total. The number of hydrogen-bond donors (Lipinski definition) is 1. The van der Waals surface area contributed by atoms with E-state index < -0.39 is 0 Å². The van der Waals surface area contributed by atoms with Gasteiger partial charge in [-0.1, -0.05) is 6.92 Å². The Morgan fingerprint density at radius 2 is 2.25 bits per heavy atom. The number of hydrogen-bond acceptors (Lipinski definition) is 4. The molecule has 1 heterocycles. The van der Waals surface area contributed by atoms with Crippen LogP contribution in [0.25, 0.3) is 0 Å². The SMILES string of the molecule is CCNC1(C#N)CCCC(N2CCOC3CCCC32)C1. The molecule has 1 saturated heterocycles. The van der Waals surface area contributed by atoms with Gasteiger partial charge in [0.05, 0.1) is 18.8 Å². The van der Waals surface area contributed by atoms with Crippen molar-refractivity contribution in [3.8, 4) is 6.07 Å². The zero-order valence-corrected chi connectivity index (χ0v) is 12.6. The molecule has 0 radical (unpaired) electrons. The minimum atomic E-state index is -0.288. The fourth-order valence-corrected chi connectivity index (χ4v) is 4.58. The maximum atomic E-state index is 9.62. The van der Waals surface area contributed by atoms with Crippen LogP contribution in [0.4, 0.5) is 0 Å². The molecule has 20 heavy (non-hydrogen) atoms. The van der Waals surface area contributed by atoms with Gasteiger partial charge < -0.3 is 4.74 Å². The topological polar surface area (TPSA) is 48.3 Å². The monoisotopic (exact) mass is 277 g/mol. The number of ether oxygens (including phenoxy) is 1. The van der Waals surface area contributed by atoms with E-state index in [0.29, 0.717) is 18.2 Å². The third kappa shape index (κ3) is 2.59. The second kappa shape index (κ2) is 6.01. The summed E-state index contributed by atoms with van der Waals surface area (Å²) in [5.41, 5.74) is -0.288. The normalized spacial score (nSPS) is 42.1. The maximum absolute atomic E-state index is 9.62. The highest BCUT2D eigenvalue weighted by Gasteiger charge is 2.44. The lowest BCUT2D eigenvalue weighted by molar-refractivity contribution is -0.0799. The molecule has 0 amide bonds. The molecule has 0 spiro atoms. The first-order chi connectivity index (χ1) is 9.78. The standard InChI is InChI=1S/C16H27N3O/c1-2-18-16(12-17)8-4-5-13(11-16)19-9-10-20-15-7-3-6-14(15)19/h13-15,18H,2-11H2,1H3. The van der Waals surface area contributed by atoms with Crippen molar-refractivity contribution < 1.29 is 4.74 Å². The highest BCUT2D eigenvalue weighted by atomic mass is 16.5. The highest BCUT2D eigenvalue weighted by molar-refractivity contribution is 5.11. The molecule has 3 fully saturated rings. The zero-order chi connectivity index (χ0) is 14.0. The van der Waals surface area contributed by atoms with Crippen molar-refractivity contribution in [3.63, 3.8) is 0 Å². The van der Waals surface area contributed by atoms with Gasteiger partial charge in [0.2, 0.25) is 0 Å². The Morgan fingerprint density at radius 3 is 3.05 bits per heavy atom. The van der Waals surface area contributed by atoms with Crippen LogP contribution in [0.15, 0.2) is 0 Å². The summed E-state index contributed by atoms with van der Waals surface area (Å²) < 4.78 is 5.93. The molecule has 0 aromatic carbocycles. The summed E-state index contributed by atoms with van der Waals surface area (Å²) in [7, 11) is 0. The third-order valence-corrected chi connectivity index (χ3v) is 5.45. The maximum Gasteiger partial charge on any atom is 0.108 e. The van der Waals surface area contributed by atoms with Crippen LogP contribution in [0.2, 0.25) is 0 Å². The van der Waals surface area contributed by atoms with E-state index in [1.54, 1.807) is 0 Å². The van der Waals surface area contributed by atoms with Gasteiger partial charge in [-0.2, -0.15) is 5.26 Å². The molecule has 2 aliphatic carbocycles. The van der Waals surface area contributed by atoms with Crippen molar-refractivity contribution in [3.05, 3.63) is 0 Å². The van der Waals surface area contributed by atoms with E-state index in [2.05, 4.69) is 23.2 Å². The molecular formula is C16H27N3O. The average Bonchev–Trinajstić information content (AvgIpc) is 2.96. The molecule has 3 aliphatic rings. The van der Waals surface area contributed by atoms with Crippen molar-refractivity contribution in [2.75, 3.05) is 19.7 Å². The van der Waals surface area contributed by atoms with Crippen LogP contribution >= 0.6 is 0 Å². The van der Waals surface area contributed by atoms with Crippen LogP contribution in [0, 0.1) is 11.3 Å². The predicted octanol–water partition coefficient (Wildman–Crippen LogP) is 2.05. The molecule has 0 aromatic heterocycles. The van der Waals surface area contributed by atoms with Crippen molar-refractivity contribution in [1.29, 1.82) is 5.26 Å². The van der Waals surface area contributed by atoms with Gasteiger partial charge in [-0.3, -0.25) is 10.2 Å². The molecule has 1 aliphatic heterocycles. The number of nitrogens with one attached hydrogen (secondary N) is 1. The van der Waals surface area contributed by atoms with Crippen molar-refractivity contribution in [2.24, 2.45) is 0 Å². The van der Waals surface area contributed by atoms with Gasteiger partial charge in [0.25, 0.3) is 0 Å². The zero-order valence-electron chi connectivity index (χ0n) is 12.6. The molecule has 4 nitrogen and oxygen atoms in total. The summed E-state index contributed by atoms with van der Waals surface area (Å²) in [6.07, 6.45) is 8.67. The van der Waals surface area contributed by atoms with E-state index >= 15 is 0 Å². The minimum absolute atomic E-state index is 0.288. The first kappa shape index (κ1) is 14.3. The molecule has 2 saturated carbocycles. The van der Waals surface area contributed by atoms with Gasteiger partial charge >= 0.3 is 0 Å². The van der Waals surface area contributed by atoms with Gasteiger partial charge in [0, 0.05) is 18.6 Å². The van der Waals surface area contributed by atoms with E-state index in [0.717, 1.165) is 32.5 Å². The Labute approximate surface area is 122 Å². The van der Waals surface area contributed by atoms with Crippen LogP contribution in [0.1, 0.15) is 51.9 Å². The third-order valence-electron chi connectivity index (χ3n) is 5.45. The van der Waals surface area contributed by atoms with Crippen molar-refractivity contribution in [1.82, 2.24) is 10.2 Å². The molecule has 4 unspecified atom stereocenters. The second-order valence-corrected chi connectivity index (χ2v) is 6.62. The lowest BCUT2D eigenvalue weighted by atomic mass is 9.78. The van der Waals surface area contributed by atoms with E-state index in [-0.39, 0.29) is 5.54 Å². The van der Waals surface area contributed by atoms with E-state index in [1.165, 1.54) is 32.1 Å². The fraction of sp³-hybridized carbons (Fsp3) is 0.938. The number of rotatable bonds is 3. The van der Waals surface area contributed by atoms with Crippen molar-refractivity contribution in [2.45, 2.75) is 75.6 Å². The molecule has 4 heteroatoms. The number of fused-ring (bicyclic) bond motifs is 1. The van der Waals surface area contributed by atoms with E-state index in [9.17, 15) is 5.26 Å². The van der Waals surface area contributed by atoms with Crippen LogP contribution in [-0.4, -0.2) is 48.3 Å². The largest absolute Gasteiger partial charge is 0.375 e. The molecule has 112 valence electrons. The summed E-state index contributed by atoms with van der Waals surface area (Å²) in [6.45, 7) is 4.91. The second-order valence-electron chi connectivity index (χ2n) is 6.62. The van der Waals surface area contributed by atoms with Crippen LogP contribution < -0.4 is 5.32 Å². The van der Waals surface area contributed by atoms with Gasteiger partial charge in [-0.05, 0) is 51.5 Å².